The molecule has 1 aliphatic heterocycles. The Bertz CT molecular complexity index is 2420. The molecule has 2 heterocycles. The lowest BCUT2D eigenvalue weighted by Crippen LogP contribution is -2.74. The summed E-state index contributed by atoms with van der Waals surface area (Å²) in [4.78, 5) is 59.6. The van der Waals surface area contributed by atoms with Gasteiger partial charge in [-0.1, -0.05) is 84.3 Å². The number of carbonyl (C=O) groups is 4. The first-order valence-corrected chi connectivity index (χ1v) is 23.1. The fourth-order valence-corrected chi connectivity index (χ4v) is 9.60. The summed E-state index contributed by atoms with van der Waals surface area (Å²) in [7, 11) is 0. The number of hydrogen-bond donors (Lipinski definition) is 4. The van der Waals surface area contributed by atoms with Crippen molar-refractivity contribution in [2.45, 2.75) is 118 Å². The van der Waals surface area contributed by atoms with E-state index in [4.69, 9.17) is 30.2 Å². The molecule has 1 aromatic heterocycles. The molecule has 16 heteroatoms. The van der Waals surface area contributed by atoms with Gasteiger partial charge in [-0.3, -0.25) is 19.2 Å². The van der Waals surface area contributed by atoms with Gasteiger partial charge in [-0.15, -0.1) is 0 Å². The van der Waals surface area contributed by atoms with Crippen LogP contribution in [0.3, 0.4) is 0 Å². The van der Waals surface area contributed by atoms with Crippen LogP contribution in [0.1, 0.15) is 108 Å². The molecule has 0 spiro atoms. The van der Waals surface area contributed by atoms with Gasteiger partial charge in [-0.25, -0.2) is 4.98 Å². The molecule has 4 aromatic rings. The number of halogens is 1. The van der Waals surface area contributed by atoms with Gasteiger partial charge in [0.1, 0.15) is 42.4 Å². The maximum Gasteiger partial charge on any atom is 0.251 e. The fraction of sp³-hybridized carbons (Fsp3) is 0.490. The SMILES string of the molecule is Cc1ncoc1-c1ccc(C(C)NC(=O)[C@@H]2C[C@@H](O)CN2C(=O)C(NC(=O)COCCCCOc2ccc(C(=O)N[C@H]3C(C)(C)[C@H](Oc4ccc(C#N)c(Cl)c4)C3(C)C)cc2)C(C)(C)C)cc1. The molecule has 3 aromatic carbocycles. The minimum atomic E-state index is -0.981. The standard InChI is InChI=1S/C51H63ClN6O9/c1-30(32-12-14-33(15-13-32)42-31(2)54-29-66-42)55-45(62)40-24-36(59)27-58(40)46(63)43(49(3,4)5)56-41(60)28-64-22-10-11-23-65-37-19-16-34(17-20-37)44(61)57-47-50(6,7)48(51(47,8)9)67-38-21-18-35(26-53)39(52)25-38/h12-21,25,29-30,36,40,43,47-48,59H,10-11,22-24,27-28H2,1-9H3,(H,55,62)(H,56,60)(H,57,61)/t30?,36-,40+,43?,47-,48-/m1/s1. The maximum atomic E-state index is 14.0. The lowest BCUT2D eigenvalue weighted by molar-refractivity contribution is -0.164. The molecule has 67 heavy (non-hydrogen) atoms. The van der Waals surface area contributed by atoms with Gasteiger partial charge in [0.05, 0.1) is 35.0 Å². The van der Waals surface area contributed by atoms with Gasteiger partial charge in [0.25, 0.3) is 5.91 Å². The highest BCUT2D eigenvalue weighted by molar-refractivity contribution is 6.31. The van der Waals surface area contributed by atoms with E-state index in [0.29, 0.717) is 52.9 Å². The van der Waals surface area contributed by atoms with E-state index in [1.165, 1.54) is 11.3 Å². The summed E-state index contributed by atoms with van der Waals surface area (Å²) < 4.78 is 23.4. The third-order valence-electron chi connectivity index (χ3n) is 12.8. The first-order valence-electron chi connectivity index (χ1n) is 22.7. The molecule has 1 aliphatic carbocycles. The number of ether oxygens (including phenoxy) is 3. The van der Waals surface area contributed by atoms with E-state index < -0.39 is 52.2 Å². The molecule has 1 saturated heterocycles. The molecule has 2 aliphatic rings. The van der Waals surface area contributed by atoms with Crippen molar-refractivity contribution in [2.24, 2.45) is 16.2 Å². The average molecular weight is 940 g/mol. The summed E-state index contributed by atoms with van der Waals surface area (Å²) in [5, 5.41) is 29.2. The van der Waals surface area contributed by atoms with Gasteiger partial charge < -0.3 is 44.6 Å². The third kappa shape index (κ3) is 11.8. The summed E-state index contributed by atoms with van der Waals surface area (Å²) in [5.74, 6) is 0.313. The number of aromatic nitrogens is 1. The number of unbranched alkanes of at least 4 members (excludes halogenated alkanes) is 1. The molecule has 1 saturated carbocycles. The molecule has 4 amide bonds. The number of amides is 4. The predicted octanol–water partition coefficient (Wildman–Crippen LogP) is 7.33. The highest BCUT2D eigenvalue weighted by Gasteiger charge is 2.64. The van der Waals surface area contributed by atoms with E-state index in [0.717, 1.165) is 16.8 Å². The molecule has 4 atom stereocenters. The number of rotatable bonds is 18. The monoisotopic (exact) mass is 938 g/mol. The zero-order chi connectivity index (χ0) is 48.8. The summed E-state index contributed by atoms with van der Waals surface area (Å²) in [6.45, 7) is 17.8. The van der Waals surface area contributed by atoms with E-state index in [1.807, 2.05) is 58.9 Å². The highest BCUT2D eigenvalue weighted by Crippen LogP contribution is 2.55. The normalized spacial score (nSPS) is 20.4. The zero-order valence-electron chi connectivity index (χ0n) is 39.8. The van der Waals surface area contributed by atoms with Crippen molar-refractivity contribution >= 4 is 35.2 Å². The molecule has 0 radical (unpaired) electrons. The molecule has 0 bridgehead atoms. The lowest BCUT2D eigenvalue weighted by Gasteiger charge is -2.63. The molecule has 15 nitrogen and oxygen atoms in total. The number of nitrogens with one attached hydrogen (secondary N) is 3. The number of aryl methyl sites for hydroxylation is 1. The van der Waals surface area contributed by atoms with Crippen LogP contribution in [0, 0.1) is 34.5 Å². The number of β-amino-alcohol motifs (C(OH)–C–C–N with tert-alkyl or cyclic N) is 1. The molecular weight excluding hydrogens is 876 g/mol. The van der Waals surface area contributed by atoms with Gasteiger partial charge in [-0.05, 0) is 74.1 Å². The van der Waals surface area contributed by atoms with Gasteiger partial charge >= 0.3 is 0 Å². The van der Waals surface area contributed by atoms with Gasteiger partial charge in [-0.2, -0.15) is 5.26 Å². The number of likely N-dealkylation sites (tertiary alicyclic amines) is 1. The third-order valence-corrected chi connectivity index (χ3v) is 13.1. The fourth-order valence-electron chi connectivity index (χ4n) is 9.39. The van der Waals surface area contributed by atoms with Crippen molar-refractivity contribution < 1.29 is 42.9 Å². The molecule has 2 fully saturated rings. The van der Waals surface area contributed by atoms with Crippen LogP contribution in [0.15, 0.2) is 77.5 Å². The lowest BCUT2D eigenvalue weighted by atomic mass is 9.49. The Morgan fingerprint density at radius 2 is 1.63 bits per heavy atom. The van der Waals surface area contributed by atoms with Crippen LogP contribution in [0.4, 0.5) is 0 Å². The van der Waals surface area contributed by atoms with Crippen molar-refractivity contribution in [3.8, 4) is 28.9 Å². The second-order valence-corrected chi connectivity index (χ2v) is 20.2. The van der Waals surface area contributed by atoms with Crippen molar-refractivity contribution in [3.05, 3.63) is 101 Å². The molecule has 358 valence electrons. The van der Waals surface area contributed by atoms with Crippen molar-refractivity contribution in [1.29, 1.82) is 5.26 Å². The Labute approximate surface area is 397 Å². The van der Waals surface area contributed by atoms with Gasteiger partial charge in [0, 0.05) is 53.6 Å². The van der Waals surface area contributed by atoms with E-state index >= 15 is 0 Å². The Balaban J connectivity index is 0.906. The largest absolute Gasteiger partial charge is 0.494 e. The van der Waals surface area contributed by atoms with E-state index in [2.05, 4.69) is 54.7 Å². The van der Waals surface area contributed by atoms with Gasteiger partial charge in [0.2, 0.25) is 17.7 Å². The number of aliphatic hydroxyl groups excluding tert-OH is 1. The second kappa shape index (κ2) is 20.9. The van der Waals surface area contributed by atoms with E-state index in [9.17, 15) is 29.5 Å². The first-order chi connectivity index (χ1) is 31.6. The second-order valence-electron chi connectivity index (χ2n) is 19.8. The van der Waals surface area contributed by atoms with E-state index in [-0.39, 0.29) is 50.3 Å². The molecule has 2 unspecified atom stereocenters. The smallest absolute Gasteiger partial charge is 0.251 e. The van der Waals surface area contributed by atoms with Crippen LogP contribution in [0.25, 0.3) is 11.3 Å². The predicted molar refractivity (Wildman–Crippen MR) is 252 cm³/mol. The minimum absolute atomic E-state index is 0.0362. The van der Waals surface area contributed by atoms with E-state index in [1.54, 1.807) is 42.5 Å². The first kappa shape index (κ1) is 50.5. The zero-order valence-corrected chi connectivity index (χ0v) is 40.5. The van der Waals surface area contributed by atoms with Crippen molar-refractivity contribution in [3.63, 3.8) is 0 Å². The quantitative estimate of drug-likeness (QED) is 0.0727. The highest BCUT2D eigenvalue weighted by atomic mass is 35.5. The molecule has 6 rings (SSSR count). The summed E-state index contributed by atoms with van der Waals surface area (Å²) >= 11 is 6.23. The number of nitriles is 1. The molecular formula is C51H63ClN6O9. The van der Waals surface area contributed by atoms with Gasteiger partial charge in [0.15, 0.2) is 12.2 Å². The van der Waals surface area contributed by atoms with Crippen LogP contribution < -0.4 is 25.4 Å². The number of hydrogen-bond acceptors (Lipinski definition) is 11. The van der Waals surface area contributed by atoms with Crippen molar-refractivity contribution in [1.82, 2.24) is 25.8 Å². The number of nitrogens with zero attached hydrogens (tertiary/aromatic N) is 3. The maximum absolute atomic E-state index is 14.0. The Morgan fingerprint density at radius 1 is 0.970 bits per heavy atom. The number of aliphatic hydroxyl groups is 1. The van der Waals surface area contributed by atoms with Crippen molar-refractivity contribution in [2.75, 3.05) is 26.4 Å². The Morgan fingerprint density at radius 3 is 2.24 bits per heavy atom. The average Bonchev–Trinajstić information content (AvgIpc) is 3.90. The number of benzene rings is 3. The van der Waals surface area contributed by atoms with Crippen LogP contribution in [0.2, 0.25) is 5.02 Å². The number of oxazole rings is 1. The summed E-state index contributed by atoms with van der Waals surface area (Å²) in [6.07, 6.45) is 1.60. The molecule has 4 N–H and O–H groups in total. The summed E-state index contributed by atoms with van der Waals surface area (Å²) in [6, 6.07) is 19.1. The van der Waals surface area contributed by atoms with Crippen LogP contribution in [0.5, 0.6) is 11.5 Å². The van der Waals surface area contributed by atoms with Crippen LogP contribution in [-0.2, 0) is 19.1 Å². The van der Waals surface area contributed by atoms with Crippen LogP contribution >= 0.6 is 11.6 Å². The summed E-state index contributed by atoms with van der Waals surface area (Å²) in [5.41, 5.74) is 1.84. The minimum Gasteiger partial charge on any atom is -0.494 e. The van der Waals surface area contributed by atoms with Crippen LogP contribution in [-0.4, -0.2) is 95.3 Å². The Kier molecular flexibility index (Phi) is 15.8. The number of carbonyl (C=O) groups excluding carboxylic acids is 4. The topological polar surface area (TPSA) is 205 Å². The Hall–Kier alpha value is -5.95.